The van der Waals surface area contributed by atoms with Crippen molar-refractivity contribution in [2.45, 2.75) is 39.2 Å². The number of aromatic nitrogens is 2. The molecule has 4 heteroatoms. The average molecular weight is 183 g/mol. The fourth-order valence-electron chi connectivity index (χ4n) is 1.27. The zero-order valence-electron chi connectivity index (χ0n) is 8.29. The normalized spacial score (nSPS) is 13.1. The molecule has 0 saturated carbocycles. The van der Waals surface area contributed by atoms with Gasteiger partial charge in [-0.25, -0.2) is 0 Å². The van der Waals surface area contributed by atoms with Gasteiger partial charge in [0.2, 0.25) is 6.39 Å². The number of nitrogens with zero attached hydrogens (tertiary/aromatic N) is 2. The van der Waals surface area contributed by atoms with Crippen LogP contribution in [0.25, 0.3) is 0 Å². The van der Waals surface area contributed by atoms with Crippen LogP contribution in [0.3, 0.4) is 0 Å². The van der Waals surface area contributed by atoms with Crippen molar-refractivity contribution in [1.82, 2.24) is 15.5 Å². The fraction of sp³-hybridized carbons (Fsp3) is 0.778. The van der Waals surface area contributed by atoms with E-state index in [2.05, 4.69) is 33.8 Å². The van der Waals surface area contributed by atoms with Crippen molar-refractivity contribution in [2.75, 3.05) is 6.54 Å². The molecular formula is C9H17N3O. The molecule has 1 aromatic rings. The van der Waals surface area contributed by atoms with Crippen LogP contribution in [0.2, 0.25) is 0 Å². The molecule has 0 radical (unpaired) electrons. The molecule has 13 heavy (non-hydrogen) atoms. The first-order chi connectivity index (χ1) is 6.33. The van der Waals surface area contributed by atoms with E-state index in [1.807, 2.05) is 0 Å². The Morgan fingerprint density at radius 1 is 1.62 bits per heavy atom. The minimum absolute atomic E-state index is 0.580. The van der Waals surface area contributed by atoms with Crippen LogP contribution in [0.5, 0.6) is 0 Å². The van der Waals surface area contributed by atoms with Gasteiger partial charge in [0.25, 0.3) is 0 Å². The van der Waals surface area contributed by atoms with E-state index in [4.69, 9.17) is 0 Å². The van der Waals surface area contributed by atoms with E-state index >= 15 is 0 Å². The maximum atomic E-state index is 4.63. The summed E-state index contributed by atoms with van der Waals surface area (Å²) in [6.07, 6.45) is 4.64. The second kappa shape index (κ2) is 5.70. The Bertz CT molecular complexity index is 211. The first-order valence-electron chi connectivity index (χ1n) is 4.81. The predicted molar refractivity (Wildman–Crippen MR) is 50.4 cm³/mol. The van der Waals surface area contributed by atoms with Gasteiger partial charge in [-0.1, -0.05) is 18.5 Å². The Morgan fingerprint density at radius 3 is 3.08 bits per heavy atom. The van der Waals surface area contributed by atoms with Crippen molar-refractivity contribution in [2.24, 2.45) is 0 Å². The Hall–Kier alpha value is -0.900. The van der Waals surface area contributed by atoms with Crippen LogP contribution in [0, 0.1) is 0 Å². The lowest BCUT2D eigenvalue weighted by atomic mass is 10.2. The highest BCUT2D eigenvalue weighted by Gasteiger charge is 2.01. The average Bonchev–Trinajstić information content (AvgIpc) is 2.57. The second-order valence-corrected chi connectivity index (χ2v) is 3.24. The van der Waals surface area contributed by atoms with Crippen molar-refractivity contribution in [3.63, 3.8) is 0 Å². The number of hydrogen-bond acceptors (Lipinski definition) is 4. The predicted octanol–water partition coefficient (Wildman–Crippen LogP) is 1.39. The lowest BCUT2D eigenvalue weighted by molar-refractivity contribution is 0.408. The third kappa shape index (κ3) is 4.03. The summed E-state index contributed by atoms with van der Waals surface area (Å²) in [5.74, 6) is 0.774. The molecule has 0 aliphatic heterocycles. The largest absolute Gasteiger partial charge is 0.343 e. The van der Waals surface area contributed by atoms with Crippen LogP contribution < -0.4 is 5.32 Å². The summed E-state index contributed by atoms with van der Waals surface area (Å²) in [4.78, 5) is 3.94. The fourth-order valence-corrected chi connectivity index (χ4v) is 1.27. The third-order valence-corrected chi connectivity index (χ3v) is 1.97. The van der Waals surface area contributed by atoms with E-state index < -0.39 is 0 Å². The van der Waals surface area contributed by atoms with Crippen molar-refractivity contribution in [3.05, 3.63) is 12.2 Å². The molecule has 1 rings (SSSR count). The van der Waals surface area contributed by atoms with E-state index in [0.717, 1.165) is 18.8 Å². The Balaban J connectivity index is 2.07. The Morgan fingerprint density at radius 2 is 2.46 bits per heavy atom. The van der Waals surface area contributed by atoms with Gasteiger partial charge in [-0.15, -0.1) is 0 Å². The van der Waals surface area contributed by atoms with Gasteiger partial charge >= 0.3 is 0 Å². The van der Waals surface area contributed by atoms with Crippen LogP contribution in [0.1, 0.15) is 32.5 Å². The lowest BCUT2D eigenvalue weighted by Crippen LogP contribution is -2.28. The summed E-state index contributed by atoms with van der Waals surface area (Å²) >= 11 is 0. The van der Waals surface area contributed by atoms with Gasteiger partial charge in [-0.2, -0.15) is 4.98 Å². The standard InChI is InChI=1S/C9H17N3O/c1-3-4-8(2)10-6-5-9-11-7-13-12-9/h7-8,10H,3-6H2,1-2H3. The van der Waals surface area contributed by atoms with Crippen molar-refractivity contribution in [3.8, 4) is 0 Å². The Labute approximate surface area is 78.7 Å². The molecule has 0 spiro atoms. The molecule has 74 valence electrons. The number of rotatable bonds is 6. The van der Waals surface area contributed by atoms with Crippen molar-refractivity contribution in [1.29, 1.82) is 0 Å². The SMILES string of the molecule is CCCC(C)NCCc1ncon1. The molecule has 0 amide bonds. The van der Waals surface area contributed by atoms with Gasteiger partial charge in [0, 0.05) is 19.0 Å². The minimum atomic E-state index is 0.580. The van der Waals surface area contributed by atoms with Crippen LogP contribution in [0.15, 0.2) is 10.9 Å². The number of hydrogen-bond donors (Lipinski definition) is 1. The maximum absolute atomic E-state index is 4.63. The second-order valence-electron chi connectivity index (χ2n) is 3.24. The smallest absolute Gasteiger partial charge is 0.213 e. The van der Waals surface area contributed by atoms with Crippen LogP contribution in [0.4, 0.5) is 0 Å². The van der Waals surface area contributed by atoms with Gasteiger partial charge in [0.05, 0.1) is 0 Å². The van der Waals surface area contributed by atoms with Gasteiger partial charge in [0.1, 0.15) is 0 Å². The topological polar surface area (TPSA) is 51.0 Å². The summed E-state index contributed by atoms with van der Waals surface area (Å²) in [7, 11) is 0. The summed E-state index contributed by atoms with van der Waals surface area (Å²) in [6, 6.07) is 0.580. The first kappa shape index (κ1) is 10.2. The summed E-state index contributed by atoms with van der Waals surface area (Å²) < 4.78 is 4.63. The highest BCUT2D eigenvalue weighted by atomic mass is 16.5. The molecule has 0 saturated heterocycles. The van der Waals surface area contributed by atoms with Crippen molar-refractivity contribution < 1.29 is 4.52 Å². The molecule has 1 heterocycles. The Kier molecular flexibility index (Phi) is 4.46. The minimum Gasteiger partial charge on any atom is -0.343 e. The molecule has 0 fully saturated rings. The molecule has 0 aliphatic carbocycles. The molecular weight excluding hydrogens is 166 g/mol. The molecule has 0 aromatic carbocycles. The maximum Gasteiger partial charge on any atom is 0.213 e. The lowest BCUT2D eigenvalue weighted by Gasteiger charge is -2.10. The highest BCUT2D eigenvalue weighted by Crippen LogP contribution is 1.95. The van der Waals surface area contributed by atoms with Crippen molar-refractivity contribution >= 4 is 0 Å². The zero-order chi connectivity index (χ0) is 9.52. The first-order valence-corrected chi connectivity index (χ1v) is 4.81. The summed E-state index contributed by atoms with van der Waals surface area (Å²) in [6.45, 7) is 5.30. The molecule has 0 bridgehead atoms. The summed E-state index contributed by atoms with van der Waals surface area (Å²) in [5.41, 5.74) is 0. The van der Waals surface area contributed by atoms with Crippen LogP contribution in [-0.2, 0) is 6.42 Å². The van der Waals surface area contributed by atoms with E-state index in [1.54, 1.807) is 0 Å². The highest BCUT2D eigenvalue weighted by molar-refractivity contribution is 4.79. The van der Waals surface area contributed by atoms with E-state index in [0.29, 0.717) is 6.04 Å². The van der Waals surface area contributed by atoms with Crippen LogP contribution >= 0.6 is 0 Å². The zero-order valence-corrected chi connectivity index (χ0v) is 8.29. The van der Waals surface area contributed by atoms with Crippen LogP contribution in [-0.4, -0.2) is 22.7 Å². The molecule has 1 N–H and O–H groups in total. The molecule has 1 atom stereocenters. The number of nitrogens with one attached hydrogen (secondary N) is 1. The van der Waals surface area contributed by atoms with E-state index in [1.165, 1.54) is 19.2 Å². The molecule has 1 unspecified atom stereocenters. The van der Waals surface area contributed by atoms with Gasteiger partial charge in [0.15, 0.2) is 5.82 Å². The third-order valence-electron chi connectivity index (χ3n) is 1.97. The van der Waals surface area contributed by atoms with Gasteiger partial charge in [-0.3, -0.25) is 0 Å². The molecule has 0 aliphatic rings. The molecule has 1 aromatic heterocycles. The van der Waals surface area contributed by atoms with Gasteiger partial charge in [-0.05, 0) is 13.3 Å². The van der Waals surface area contributed by atoms with Gasteiger partial charge < -0.3 is 9.84 Å². The quantitative estimate of drug-likeness (QED) is 0.724. The monoisotopic (exact) mass is 183 g/mol. The van der Waals surface area contributed by atoms with E-state index in [9.17, 15) is 0 Å². The summed E-state index contributed by atoms with van der Waals surface area (Å²) in [5, 5.41) is 7.13. The molecule has 4 nitrogen and oxygen atoms in total. The van der Waals surface area contributed by atoms with E-state index in [-0.39, 0.29) is 0 Å².